The Bertz CT molecular complexity index is 1110. The first kappa shape index (κ1) is 58.2. The average molecular weight is 864 g/mol. The minimum absolute atomic E-state index is 0.0976. The molecule has 2 atom stereocenters. The summed E-state index contributed by atoms with van der Waals surface area (Å²) in [6, 6.07) is 0. The normalized spacial score (nSPS) is 13.9. The number of rotatable bonds is 47. The van der Waals surface area contributed by atoms with Crippen molar-refractivity contribution in [3.63, 3.8) is 0 Å². The van der Waals surface area contributed by atoms with Crippen molar-refractivity contribution < 1.29 is 32.8 Å². The van der Waals surface area contributed by atoms with Crippen LogP contribution in [0.15, 0.2) is 60.8 Å². The third kappa shape index (κ3) is 47.3. The fraction of sp³-hybridized carbons (Fsp3) is 0.784. The van der Waals surface area contributed by atoms with E-state index >= 15 is 0 Å². The van der Waals surface area contributed by atoms with Crippen molar-refractivity contribution in [3.8, 4) is 0 Å². The molecule has 2 unspecified atom stereocenters. The van der Waals surface area contributed by atoms with Gasteiger partial charge in [-0.3, -0.25) is 13.8 Å². The van der Waals surface area contributed by atoms with Crippen LogP contribution in [0, 0.1) is 0 Å². The molecule has 350 valence electrons. The van der Waals surface area contributed by atoms with Crippen LogP contribution in [0.3, 0.4) is 0 Å². The standard InChI is InChI=1S/C51H94NO7P/c1-3-5-7-9-11-13-15-17-19-20-21-22-23-24-25-26-27-28-29-31-33-35-37-39-41-43-46-56-48-50(49-58-60(54,55)57-47-45-52)59-51(53)44-42-40-38-36-34-32-30-18-16-14-12-10-8-6-4-2/h5,7,11,13,17-19,21-22,30,50H,3-4,6,8-10,12,14-16,20,23-29,31-49,52H2,1-2H3,(H,54,55)/b7-5-,13-11-,19-17-,22-21-,30-18-. The van der Waals surface area contributed by atoms with Crippen LogP contribution in [0.25, 0.3) is 0 Å². The van der Waals surface area contributed by atoms with Gasteiger partial charge in [0.15, 0.2) is 0 Å². The number of allylic oxidation sites excluding steroid dienone is 10. The molecule has 60 heavy (non-hydrogen) atoms. The van der Waals surface area contributed by atoms with Crippen LogP contribution < -0.4 is 5.73 Å². The number of hydrogen-bond donors (Lipinski definition) is 2. The number of phosphoric ester groups is 1. The predicted octanol–water partition coefficient (Wildman–Crippen LogP) is 15.3. The first-order chi connectivity index (χ1) is 29.4. The Balaban J connectivity index is 3.92. The minimum Gasteiger partial charge on any atom is -0.457 e. The van der Waals surface area contributed by atoms with Crippen LogP contribution in [-0.4, -0.2) is 49.9 Å². The Morgan fingerprint density at radius 2 is 0.933 bits per heavy atom. The summed E-state index contributed by atoms with van der Waals surface area (Å²) in [5.74, 6) is -0.339. The van der Waals surface area contributed by atoms with E-state index in [2.05, 4.69) is 74.6 Å². The zero-order valence-corrected chi connectivity index (χ0v) is 39.8. The average Bonchev–Trinajstić information content (AvgIpc) is 3.24. The Morgan fingerprint density at radius 1 is 0.517 bits per heavy atom. The van der Waals surface area contributed by atoms with Crippen molar-refractivity contribution >= 4 is 13.8 Å². The van der Waals surface area contributed by atoms with Crippen molar-refractivity contribution in [2.45, 2.75) is 225 Å². The van der Waals surface area contributed by atoms with Gasteiger partial charge in [-0.25, -0.2) is 4.57 Å². The SMILES string of the molecule is CC/C=C\C/C=C\C/C=C\C/C=C\CCCCCCCCCCCCCCCOCC(COP(=O)(O)OCCN)OC(=O)CCCCCCC/C=C\CCCCCCCC. The Labute approximate surface area is 370 Å². The maximum Gasteiger partial charge on any atom is 0.472 e. The maximum atomic E-state index is 12.6. The van der Waals surface area contributed by atoms with Gasteiger partial charge in [0, 0.05) is 19.6 Å². The van der Waals surface area contributed by atoms with Crippen LogP contribution >= 0.6 is 7.82 Å². The molecule has 0 amide bonds. The summed E-state index contributed by atoms with van der Waals surface area (Å²) in [5.41, 5.74) is 5.38. The fourth-order valence-corrected chi connectivity index (χ4v) is 7.57. The molecule has 9 heteroatoms. The highest BCUT2D eigenvalue weighted by Gasteiger charge is 2.25. The lowest BCUT2D eigenvalue weighted by molar-refractivity contribution is -0.154. The Kier molecular flexibility index (Phi) is 46.8. The molecule has 8 nitrogen and oxygen atoms in total. The van der Waals surface area contributed by atoms with E-state index in [0.29, 0.717) is 13.0 Å². The molecule has 0 radical (unpaired) electrons. The van der Waals surface area contributed by atoms with Crippen LogP contribution in [0.2, 0.25) is 0 Å². The van der Waals surface area contributed by atoms with Crippen molar-refractivity contribution in [2.24, 2.45) is 5.73 Å². The summed E-state index contributed by atoms with van der Waals surface area (Å²) in [6.45, 7) is 4.81. The number of carbonyl (C=O) groups is 1. The number of esters is 1. The number of phosphoric acid groups is 1. The quantitative estimate of drug-likeness (QED) is 0.0269. The molecule has 0 bridgehead atoms. The highest BCUT2D eigenvalue weighted by atomic mass is 31.2. The molecule has 0 aromatic rings. The number of ether oxygens (including phenoxy) is 2. The summed E-state index contributed by atoms with van der Waals surface area (Å²) in [5, 5.41) is 0. The van der Waals surface area contributed by atoms with E-state index in [1.54, 1.807) is 0 Å². The van der Waals surface area contributed by atoms with Gasteiger partial charge >= 0.3 is 13.8 Å². The number of unbranched alkanes of at least 4 members (excludes halogenated alkanes) is 24. The van der Waals surface area contributed by atoms with Gasteiger partial charge in [0.2, 0.25) is 0 Å². The second-order valence-electron chi connectivity index (χ2n) is 16.3. The monoisotopic (exact) mass is 864 g/mol. The number of carbonyl (C=O) groups excluding carboxylic acids is 1. The fourth-order valence-electron chi connectivity index (χ4n) is 6.81. The molecule has 0 heterocycles. The van der Waals surface area contributed by atoms with Crippen LogP contribution in [-0.2, 0) is 27.9 Å². The van der Waals surface area contributed by atoms with Gasteiger partial charge in [-0.2, -0.15) is 0 Å². The molecule has 0 rings (SSSR count). The second-order valence-corrected chi connectivity index (χ2v) is 17.7. The van der Waals surface area contributed by atoms with Crippen LogP contribution in [0.1, 0.15) is 219 Å². The van der Waals surface area contributed by atoms with Crippen LogP contribution in [0.5, 0.6) is 0 Å². The van der Waals surface area contributed by atoms with Gasteiger partial charge < -0.3 is 20.1 Å². The van der Waals surface area contributed by atoms with Gasteiger partial charge in [-0.05, 0) is 77.0 Å². The third-order valence-electron chi connectivity index (χ3n) is 10.4. The summed E-state index contributed by atoms with van der Waals surface area (Å²) < 4.78 is 33.5. The van der Waals surface area contributed by atoms with Gasteiger partial charge in [0.05, 0.1) is 19.8 Å². The molecule has 0 spiro atoms. The van der Waals surface area contributed by atoms with Crippen molar-refractivity contribution in [3.05, 3.63) is 60.8 Å². The topological polar surface area (TPSA) is 117 Å². The lowest BCUT2D eigenvalue weighted by atomic mass is 10.0. The van der Waals surface area contributed by atoms with Gasteiger partial charge in [-0.15, -0.1) is 0 Å². The van der Waals surface area contributed by atoms with E-state index in [-0.39, 0.29) is 32.3 Å². The molecular formula is C51H94NO7P. The van der Waals surface area contributed by atoms with Gasteiger partial charge in [0.1, 0.15) is 6.10 Å². The van der Waals surface area contributed by atoms with Gasteiger partial charge in [0.25, 0.3) is 0 Å². The molecule has 0 fully saturated rings. The number of hydrogen-bond acceptors (Lipinski definition) is 7. The van der Waals surface area contributed by atoms with Gasteiger partial charge in [-0.1, -0.05) is 197 Å². The van der Waals surface area contributed by atoms with E-state index in [9.17, 15) is 14.3 Å². The smallest absolute Gasteiger partial charge is 0.457 e. The lowest BCUT2D eigenvalue weighted by Gasteiger charge is -2.20. The van der Waals surface area contributed by atoms with Crippen molar-refractivity contribution in [1.82, 2.24) is 0 Å². The van der Waals surface area contributed by atoms with E-state index in [1.807, 2.05) is 0 Å². The first-order valence-electron chi connectivity index (χ1n) is 24.8. The van der Waals surface area contributed by atoms with E-state index < -0.39 is 13.9 Å². The lowest BCUT2D eigenvalue weighted by Crippen LogP contribution is -2.28. The summed E-state index contributed by atoms with van der Waals surface area (Å²) >= 11 is 0. The number of nitrogens with two attached hydrogens (primary N) is 1. The summed E-state index contributed by atoms with van der Waals surface area (Å²) in [7, 11) is -4.28. The first-order valence-corrected chi connectivity index (χ1v) is 26.3. The highest BCUT2D eigenvalue weighted by Crippen LogP contribution is 2.43. The molecule has 3 N–H and O–H groups in total. The van der Waals surface area contributed by atoms with Crippen molar-refractivity contribution in [1.29, 1.82) is 0 Å². The Morgan fingerprint density at radius 3 is 1.42 bits per heavy atom. The summed E-state index contributed by atoms with van der Waals surface area (Å²) in [6.07, 6.45) is 59.7. The van der Waals surface area contributed by atoms with E-state index in [0.717, 1.165) is 70.6 Å². The molecule has 0 aliphatic carbocycles. The molecular weight excluding hydrogens is 770 g/mol. The van der Waals surface area contributed by atoms with Crippen LogP contribution in [0.4, 0.5) is 0 Å². The zero-order chi connectivity index (χ0) is 43.7. The highest BCUT2D eigenvalue weighted by molar-refractivity contribution is 7.47. The minimum atomic E-state index is -4.28. The van der Waals surface area contributed by atoms with Crippen molar-refractivity contribution in [2.75, 3.05) is 33.0 Å². The third-order valence-corrected chi connectivity index (χ3v) is 11.4. The molecule has 0 aromatic heterocycles. The summed E-state index contributed by atoms with van der Waals surface area (Å²) in [4.78, 5) is 22.5. The van der Waals surface area contributed by atoms with E-state index in [1.165, 1.54) is 128 Å². The molecule has 0 aliphatic heterocycles. The largest absolute Gasteiger partial charge is 0.472 e. The molecule has 0 aromatic carbocycles. The molecule has 0 saturated heterocycles. The molecule has 0 saturated carbocycles. The van der Waals surface area contributed by atoms with E-state index in [4.69, 9.17) is 24.3 Å². The second kappa shape index (κ2) is 48.2. The predicted molar refractivity (Wildman–Crippen MR) is 256 cm³/mol. The Hall–Kier alpha value is -1.80. The molecule has 0 aliphatic rings. The zero-order valence-electron chi connectivity index (χ0n) is 38.9. The maximum absolute atomic E-state index is 12.6.